The number of alkyl halides is 3. The highest BCUT2D eigenvalue weighted by Crippen LogP contribution is 2.32. The third-order valence-corrected chi connectivity index (χ3v) is 4.51. The van der Waals surface area contributed by atoms with Crippen LogP contribution in [0.2, 0.25) is 0 Å². The number of rotatable bonds is 4. The minimum Gasteiger partial charge on any atom is -0.406 e. The van der Waals surface area contributed by atoms with Gasteiger partial charge in [-0.3, -0.25) is 4.90 Å². The van der Waals surface area contributed by atoms with E-state index in [1.54, 1.807) is 23.5 Å². The van der Waals surface area contributed by atoms with Gasteiger partial charge in [0.25, 0.3) is 0 Å². The molecular weight excluding hydrogens is 325 g/mol. The Morgan fingerprint density at radius 3 is 2.30 bits per heavy atom. The number of hydrogen-bond donors (Lipinski definition) is 1. The molecule has 0 bridgehead atoms. The second-order valence-electron chi connectivity index (χ2n) is 5.36. The van der Waals surface area contributed by atoms with Crippen molar-refractivity contribution in [3.8, 4) is 5.75 Å². The van der Waals surface area contributed by atoms with Gasteiger partial charge in [-0.05, 0) is 40.1 Å². The molecule has 1 fully saturated rings. The van der Waals surface area contributed by atoms with Gasteiger partial charge in [0.05, 0.1) is 6.04 Å². The minimum atomic E-state index is -4.66. The van der Waals surface area contributed by atoms with Crippen LogP contribution in [-0.4, -0.2) is 37.4 Å². The van der Waals surface area contributed by atoms with Crippen LogP contribution in [0, 0.1) is 0 Å². The highest BCUT2D eigenvalue weighted by molar-refractivity contribution is 7.08. The molecule has 1 aliphatic rings. The lowest BCUT2D eigenvalue weighted by molar-refractivity contribution is -0.274. The van der Waals surface area contributed by atoms with Crippen LogP contribution in [0.1, 0.15) is 17.2 Å². The number of halogens is 3. The SMILES string of the molecule is FC(F)(F)Oc1ccc([C@H](c2ccsc2)N2CCNCC2)cc1. The third-order valence-electron chi connectivity index (χ3n) is 3.81. The van der Waals surface area contributed by atoms with Crippen LogP contribution < -0.4 is 10.1 Å². The van der Waals surface area contributed by atoms with E-state index in [2.05, 4.69) is 26.4 Å². The molecule has 0 saturated carbocycles. The number of piperazine rings is 1. The molecule has 7 heteroatoms. The molecule has 2 aromatic rings. The number of hydrogen-bond acceptors (Lipinski definition) is 4. The van der Waals surface area contributed by atoms with E-state index in [9.17, 15) is 13.2 Å². The van der Waals surface area contributed by atoms with Crippen LogP contribution in [0.25, 0.3) is 0 Å². The van der Waals surface area contributed by atoms with Crippen molar-refractivity contribution in [2.75, 3.05) is 26.2 Å². The van der Waals surface area contributed by atoms with Gasteiger partial charge >= 0.3 is 6.36 Å². The molecule has 0 radical (unpaired) electrons. The third kappa shape index (κ3) is 4.25. The molecule has 124 valence electrons. The maximum absolute atomic E-state index is 12.3. The number of benzene rings is 1. The van der Waals surface area contributed by atoms with E-state index in [1.165, 1.54) is 17.7 Å². The molecule has 0 spiro atoms. The standard InChI is InChI=1S/C16H17F3N2OS/c17-16(18,19)22-14-3-1-12(2-4-14)15(13-5-10-23-11-13)21-8-6-20-7-9-21/h1-5,10-11,15,20H,6-9H2/t15-/m1/s1. The summed E-state index contributed by atoms with van der Waals surface area (Å²) in [5.74, 6) is -0.189. The van der Waals surface area contributed by atoms with Crippen molar-refractivity contribution in [2.45, 2.75) is 12.4 Å². The van der Waals surface area contributed by atoms with Crippen molar-refractivity contribution in [2.24, 2.45) is 0 Å². The van der Waals surface area contributed by atoms with Crippen LogP contribution in [-0.2, 0) is 0 Å². The second kappa shape index (κ2) is 6.90. The fourth-order valence-corrected chi connectivity index (χ4v) is 3.52. The summed E-state index contributed by atoms with van der Waals surface area (Å²) in [5, 5.41) is 7.43. The van der Waals surface area contributed by atoms with Gasteiger partial charge in [0.2, 0.25) is 0 Å². The lowest BCUT2D eigenvalue weighted by atomic mass is 9.99. The Bertz CT molecular complexity index is 607. The zero-order valence-corrected chi connectivity index (χ0v) is 13.2. The first-order chi connectivity index (χ1) is 11.0. The monoisotopic (exact) mass is 342 g/mol. The molecule has 3 nitrogen and oxygen atoms in total. The summed E-state index contributed by atoms with van der Waals surface area (Å²) in [6.07, 6.45) is -4.66. The second-order valence-corrected chi connectivity index (χ2v) is 6.14. The summed E-state index contributed by atoms with van der Waals surface area (Å²) in [4.78, 5) is 2.35. The minimum absolute atomic E-state index is 0.0586. The Hall–Kier alpha value is -1.57. The van der Waals surface area contributed by atoms with Gasteiger partial charge < -0.3 is 10.1 Å². The number of ether oxygens (including phenoxy) is 1. The summed E-state index contributed by atoms with van der Waals surface area (Å²) in [6, 6.07) is 8.31. The average Bonchev–Trinajstić information content (AvgIpc) is 3.03. The quantitative estimate of drug-likeness (QED) is 0.918. The fourth-order valence-electron chi connectivity index (χ4n) is 2.84. The summed E-state index contributed by atoms with van der Waals surface area (Å²) >= 11 is 1.62. The molecule has 1 aromatic carbocycles. The first-order valence-electron chi connectivity index (χ1n) is 7.35. The van der Waals surface area contributed by atoms with Crippen LogP contribution in [0.3, 0.4) is 0 Å². The summed E-state index contributed by atoms with van der Waals surface area (Å²) < 4.78 is 40.8. The zero-order valence-electron chi connectivity index (χ0n) is 12.3. The molecular formula is C16H17F3N2OS. The highest BCUT2D eigenvalue weighted by Gasteiger charge is 2.31. The fraction of sp³-hybridized carbons (Fsp3) is 0.375. The molecule has 0 amide bonds. The van der Waals surface area contributed by atoms with Gasteiger partial charge in [-0.1, -0.05) is 12.1 Å². The van der Waals surface area contributed by atoms with Gasteiger partial charge in [-0.15, -0.1) is 13.2 Å². The van der Waals surface area contributed by atoms with Gasteiger partial charge in [-0.2, -0.15) is 11.3 Å². The van der Waals surface area contributed by atoms with Crippen LogP contribution >= 0.6 is 11.3 Å². The maximum Gasteiger partial charge on any atom is 0.573 e. The van der Waals surface area contributed by atoms with Crippen LogP contribution in [0.5, 0.6) is 5.75 Å². The molecule has 0 unspecified atom stereocenters. The molecule has 23 heavy (non-hydrogen) atoms. The van der Waals surface area contributed by atoms with Gasteiger partial charge in [0.1, 0.15) is 5.75 Å². The lowest BCUT2D eigenvalue weighted by Crippen LogP contribution is -2.45. The van der Waals surface area contributed by atoms with Gasteiger partial charge in [0.15, 0.2) is 0 Å². The Morgan fingerprint density at radius 1 is 1.04 bits per heavy atom. The summed E-state index contributed by atoms with van der Waals surface area (Å²) in [5.41, 5.74) is 2.14. The van der Waals surface area contributed by atoms with E-state index in [-0.39, 0.29) is 11.8 Å². The molecule has 3 rings (SSSR count). The Morgan fingerprint density at radius 2 is 1.74 bits per heavy atom. The first-order valence-corrected chi connectivity index (χ1v) is 8.30. The molecule has 1 N–H and O–H groups in total. The molecule has 2 heterocycles. The van der Waals surface area contributed by atoms with Crippen LogP contribution in [0.4, 0.5) is 13.2 Å². The zero-order chi connectivity index (χ0) is 16.3. The molecule has 1 aliphatic heterocycles. The highest BCUT2D eigenvalue weighted by atomic mass is 32.1. The van der Waals surface area contributed by atoms with Crippen molar-refractivity contribution in [1.29, 1.82) is 0 Å². The average molecular weight is 342 g/mol. The Kier molecular flexibility index (Phi) is 4.89. The van der Waals surface area contributed by atoms with Crippen molar-refractivity contribution in [1.82, 2.24) is 10.2 Å². The summed E-state index contributed by atoms with van der Waals surface area (Å²) in [6.45, 7) is 3.63. The van der Waals surface area contributed by atoms with E-state index in [4.69, 9.17) is 0 Å². The number of nitrogens with zero attached hydrogens (tertiary/aromatic N) is 1. The van der Waals surface area contributed by atoms with E-state index >= 15 is 0 Å². The smallest absolute Gasteiger partial charge is 0.406 e. The molecule has 0 aliphatic carbocycles. The first kappa shape index (κ1) is 16.3. The summed E-state index contributed by atoms with van der Waals surface area (Å²) in [7, 11) is 0. The lowest BCUT2D eigenvalue weighted by Gasteiger charge is -2.35. The normalized spacial score (nSPS) is 17.9. The van der Waals surface area contributed by atoms with Gasteiger partial charge in [-0.25, -0.2) is 0 Å². The van der Waals surface area contributed by atoms with E-state index in [1.807, 2.05) is 5.38 Å². The number of thiophene rings is 1. The van der Waals surface area contributed by atoms with Gasteiger partial charge in [0, 0.05) is 26.2 Å². The molecule has 1 aromatic heterocycles. The largest absolute Gasteiger partial charge is 0.573 e. The van der Waals surface area contributed by atoms with E-state index in [0.717, 1.165) is 31.7 Å². The van der Waals surface area contributed by atoms with E-state index < -0.39 is 6.36 Å². The van der Waals surface area contributed by atoms with Crippen LogP contribution in [0.15, 0.2) is 41.1 Å². The number of nitrogens with one attached hydrogen (secondary N) is 1. The Labute approximate surface area is 136 Å². The molecule has 1 atom stereocenters. The van der Waals surface area contributed by atoms with E-state index in [0.29, 0.717) is 0 Å². The molecule has 1 saturated heterocycles. The van der Waals surface area contributed by atoms with Crippen molar-refractivity contribution in [3.05, 3.63) is 52.2 Å². The van der Waals surface area contributed by atoms with Crippen molar-refractivity contribution >= 4 is 11.3 Å². The topological polar surface area (TPSA) is 24.5 Å². The predicted octanol–water partition coefficient (Wildman–Crippen LogP) is 3.64. The van der Waals surface area contributed by atoms with Crippen molar-refractivity contribution < 1.29 is 17.9 Å². The Balaban J connectivity index is 1.84. The van der Waals surface area contributed by atoms with Crippen molar-refractivity contribution in [3.63, 3.8) is 0 Å². The maximum atomic E-state index is 12.3. The predicted molar refractivity (Wildman–Crippen MR) is 83.7 cm³/mol.